The molecule has 1 heterocycles. The normalized spacial score (nSPS) is 10.6. The second-order valence-corrected chi connectivity index (χ2v) is 5.28. The molecule has 0 fully saturated rings. The smallest absolute Gasteiger partial charge is 0.141 e. The van der Waals surface area contributed by atoms with Crippen LogP contribution in [0.5, 0.6) is 0 Å². The van der Waals surface area contributed by atoms with E-state index in [1.165, 1.54) is 4.88 Å². The molecule has 0 aliphatic rings. The van der Waals surface area contributed by atoms with Crippen molar-refractivity contribution in [2.75, 3.05) is 0 Å². The van der Waals surface area contributed by atoms with Gasteiger partial charge in [-0.25, -0.2) is 4.39 Å². The van der Waals surface area contributed by atoms with Crippen LogP contribution >= 0.6 is 27.3 Å². The number of hydrogen-bond donors (Lipinski definition) is 1. The largest absolute Gasteiger partial charge is 0.308 e. The number of halogens is 2. The van der Waals surface area contributed by atoms with Crippen molar-refractivity contribution in [2.45, 2.75) is 13.1 Å². The van der Waals surface area contributed by atoms with Crippen LogP contribution in [-0.2, 0) is 13.1 Å². The van der Waals surface area contributed by atoms with Crippen molar-refractivity contribution in [3.63, 3.8) is 0 Å². The third kappa shape index (κ3) is 2.90. The van der Waals surface area contributed by atoms with Crippen molar-refractivity contribution in [3.8, 4) is 0 Å². The molecule has 0 spiro atoms. The first-order valence-corrected chi connectivity index (χ1v) is 6.60. The van der Waals surface area contributed by atoms with Crippen LogP contribution in [0.15, 0.2) is 40.2 Å². The van der Waals surface area contributed by atoms with Gasteiger partial charge in [0.2, 0.25) is 0 Å². The van der Waals surface area contributed by atoms with Crippen LogP contribution < -0.4 is 5.32 Å². The number of thiophene rings is 1. The molecule has 0 unspecified atom stereocenters. The molecule has 16 heavy (non-hydrogen) atoms. The first-order valence-electron chi connectivity index (χ1n) is 4.93. The molecular weight excluding hydrogens is 289 g/mol. The molecule has 0 saturated heterocycles. The lowest BCUT2D eigenvalue weighted by atomic mass is 10.2. The predicted octanol–water partition coefficient (Wildman–Crippen LogP) is 3.94. The van der Waals surface area contributed by atoms with Gasteiger partial charge in [0.1, 0.15) is 5.82 Å². The SMILES string of the molecule is Fc1c(Br)cccc1CNCc1cccs1. The van der Waals surface area contributed by atoms with Crippen molar-refractivity contribution in [1.29, 1.82) is 0 Å². The quantitative estimate of drug-likeness (QED) is 0.902. The molecule has 1 N–H and O–H groups in total. The maximum Gasteiger partial charge on any atom is 0.141 e. The van der Waals surface area contributed by atoms with Gasteiger partial charge in [0, 0.05) is 23.5 Å². The fourth-order valence-corrected chi connectivity index (χ4v) is 2.50. The van der Waals surface area contributed by atoms with Gasteiger partial charge in [-0.05, 0) is 33.4 Å². The maximum absolute atomic E-state index is 13.6. The molecular formula is C12H11BrFNS. The van der Waals surface area contributed by atoms with Crippen LogP contribution in [0, 0.1) is 5.82 Å². The fraction of sp³-hybridized carbons (Fsp3) is 0.167. The van der Waals surface area contributed by atoms with Gasteiger partial charge in [0.25, 0.3) is 0 Å². The zero-order valence-corrected chi connectivity index (χ0v) is 10.9. The monoisotopic (exact) mass is 299 g/mol. The van der Waals surface area contributed by atoms with Crippen molar-refractivity contribution in [2.24, 2.45) is 0 Å². The summed E-state index contributed by atoms with van der Waals surface area (Å²) in [5, 5.41) is 5.26. The summed E-state index contributed by atoms with van der Waals surface area (Å²) in [5.74, 6) is -0.179. The van der Waals surface area contributed by atoms with Crippen LogP contribution in [0.25, 0.3) is 0 Å². The lowest BCUT2D eigenvalue weighted by Gasteiger charge is -2.05. The number of nitrogens with one attached hydrogen (secondary N) is 1. The van der Waals surface area contributed by atoms with E-state index < -0.39 is 0 Å². The summed E-state index contributed by atoms with van der Waals surface area (Å²) in [6, 6.07) is 9.42. The highest BCUT2D eigenvalue weighted by Crippen LogP contribution is 2.18. The van der Waals surface area contributed by atoms with Crippen LogP contribution in [0.3, 0.4) is 0 Å². The number of hydrogen-bond acceptors (Lipinski definition) is 2. The lowest BCUT2D eigenvalue weighted by molar-refractivity contribution is 0.583. The Bertz CT molecular complexity index is 456. The predicted molar refractivity (Wildman–Crippen MR) is 69.0 cm³/mol. The second-order valence-electron chi connectivity index (χ2n) is 3.40. The van der Waals surface area contributed by atoms with Crippen molar-refractivity contribution in [1.82, 2.24) is 5.32 Å². The van der Waals surface area contributed by atoms with Crippen LogP contribution in [0.4, 0.5) is 4.39 Å². The van der Waals surface area contributed by atoms with E-state index in [-0.39, 0.29) is 5.82 Å². The van der Waals surface area contributed by atoms with E-state index in [4.69, 9.17) is 0 Å². The third-order valence-corrected chi connectivity index (χ3v) is 3.72. The molecule has 84 valence electrons. The van der Waals surface area contributed by atoms with E-state index in [1.54, 1.807) is 23.5 Å². The van der Waals surface area contributed by atoms with Gasteiger partial charge < -0.3 is 5.32 Å². The molecule has 2 aromatic rings. The minimum Gasteiger partial charge on any atom is -0.308 e. The molecule has 1 aromatic heterocycles. The lowest BCUT2D eigenvalue weighted by Crippen LogP contribution is -2.12. The standard InChI is InChI=1S/C12H11BrFNS/c13-11-5-1-3-9(12(11)14)7-15-8-10-4-2-6-16-10/h1-6,15H,7-8H2. The van der Waals surface area contributed by atoms with Gasteiger partial charge in [0.15, 0.2) is 0 Å². The average molecular weight is 300 g/mol. The van der Waals surface area contributed by atoms with Gasteiger partial charge >= 0.3 is 0 Å². The summed E-state index contributed by atoms with van der Waals surface area (Å²) in [5.41, 5.74) is 0.686. The Morgan fingerprint density at radius 2 is 2.06 bits per heavy atom. The molecule has 4 heteroatoms. The third-order valence-electron chi connectivity index (χ3n) is 2.23. The molecule has 1 nitrogen and oxygen atoms in total. The van der Waals surface area contributed by atoms with E-state index >= 15 is 0 Å². The summed E-state index contributed by atoms with van der Waals surface area (Å²) in [4.78, 5) is 1.26. The zero-order valence-electron chi connectivity index (χ0n) is 8.54. The Labute approximate surface area is 106 Å². The highest BCUT2D eigenvalue weighted by molar-refractivity contribution is 9.10. The summed E-state index contributed by atoms with van der Waals surface area (Å²) in [6.45, 7) is 1.33. The van der Waals surface area contributed by atoms with Crippen molar-refractivity contribution < 1.29 is 4.39 Å². The van der Waals surface area contributed by atoms with Gasteiger partial charge in [-0.3, -0.25) is 0 Å². The van der Waals surface area contributed by atoms with Crippen molar-refractivity contribution >= 4 is 27.3 Å². The maximum atomic E-state index is 13.6. The first-order chi connectivity index (χ1) is 7.77. The highest BCUT2D eigenvalue weighted by Gasteiger charge is 2.04. The van der Waals surface area contributed by atoms with Crippen molar-refractivity contribution in [3.05, 3.63) is 56.4 Å². The number of benzene rings is 1. The first kappa shape index (κ1) is 11.8. The summed E-state index contributed by atoms with van der Waals surface area (Å²) >= 11 is 4.88. The van der Waals surface area contributed by atoms with Gasteiger partial charge in [0.05, 0.1) is 4.47 Å². The second kappa shape index (κ2) is 5.57. The molecule has 0 bridgehead atoms. The van der Waals surface area contributed by atoms with E-state index in [2.05, 4.69) is 27.3 Å². The average Bonchev–Trinajstić information content (AvgIpc) is 2.77. The Balaban J connectivity index is 1.92. The fourth-order valence-electron chi connectivity index (χ4n) is 1.42. The van der Waals surface area contributed by atoms with Gasteiger partial charge in [-0.1, -0.05) is 18.2 Å². The van der Waals surface area contributed by atoms with Gasteiger partial charge in [-0.15, -0.1) is 11.3 Å². The molecule has 0 aliphatic carbocycles. The Morgan fingerprint density at radius 3 is 2.81 bits per heavy atom. The molecule has 2 rings (SSSR count). The van der Waals surface area contributed by atoms with Crippen LogP contribution in [0.2, 0.25) is 0 Å². The molecule has 0 saturated carbocycles. The summed E-state index contributed by atoms with van der Waals surface area (Å²) in [6.07, 6.45) is 0. The Kier molecular flexibility index (Phi) is 4.09. The van der Waals surface area contributed by atoms with Gasteiger partial charge in [-0.2, -0.15) is 0 Å². The molecule has 1 aromatic carbocycles. The molecule has 0 atom stereocenters. The molecule has 0 radical (unpaired) electrons. The zero-order chi connectivity index (χ0) is 11.4. The molecule has 0 amide bonds. The van der Waals surface area contributed by atoms with Crippen LogP contribution in [-0.4, -0.2) is 0 Å². The topological polar surface area (TPSA) is 12.0 Å². The minimum atomic E-state index is -0.179. The van der Waals surface area contributed by atoms with Crippen LogP contribution in [0.1, 0.15) is 10.4 Å². The Morgan fingerprint density at radius 1 is 1.19 bits per heavy atom. The van der Waals surface area contributed by atoms with E-state index in [0.29, 0.717) is 16.6 Å². The minimum absolute atomic E-state index is 0.179. The van der Waals surface area contributed by atoms with E-state index in [1.807, 2.05) is 17.5 Å². The number of rotatable bonds is 4. The van der Waals surface area contributed by atoms with E-state index in [0.717, 1.165) is 6.54 Å². The highest BCUT2D eigenvalue weighted by atomic mass is 79.9. The summed E-state index contributed by atoms with van der Waals surface area (Å²) in [7, 11) is 0. The Hall–Kier alpha value is -0.710. The molecule has 0 aliphatic heterocycles. The summed E-state index contributed by atoms with van der Waals surface area (Å²) < 4.78 is 14.1. The van der Waals surface area contributed by atoms with E-state index in [9.17, 15) is 4.39 Å².